The fourth-order valence-corrected chi connectivity index (χ4v) is 2.94. The standard InChI is InChI=1S/C19H19ClN2O3/c1-2-25-17-9-7-16(8-10-17)22-12-15(11-18(22)23)21-19(24)13-3-5-14(20)6-4-13/h3-10,15H,2,11-12H2,1H3,(H,21,24)/t15-/m0/s1. The van der Waals surface area contributed by atoms with Gasteiger partial charge in [0, 0.05) is 29.2 Å². The Labute approximate surface area is 151 Å². The quantitative estimate of drug-likeness (QED) is 0.892. The highest BCUT2D eigenvalue weighted by Crippen LogP contribution is 2.24. The van der Waals surface area contributed by atoms with E-state index in [4.69, 9.17) is 16.3 Å². The van der Waals surface area contributed by atoms with Gasteiger partial charge in [-0.3, -0.25) is 9.59 Å². The maximum atomic E-state index is 12.3. The topological polar surface area (TPSA) is 58.6 Å². The molecule has 1 aliphatic heterocycles. The van der Waals surface area contributed by atoms with E-state index in [-0.39, 0.29) is 24.3 Å². The van der Waals surface area contributed by atoms with Crippen LogP contribution in [0, 0.1) is 0 Å². The average Bonchev–Trinajstić information content (AvgIpc) is 2.96. The summed E-state index contributed by atoms with van der Waals surface area (Å²) in [7, 11) is 0. The maximum Gasteiger partial charge on any atom is 0.251 e. The zero-order valence-electron chi connectivity index (χ0n) is 13.9. The van der Waals surface area contributed by atoms with E-state index >= 15 is 0 Å². The summed E-state index contributed by atoms with van der Waals surface area (Å²) < 4.78 is 5.41. The van der Waals surface area contributed by atoms with Gasteiger partial charge in [0.25, 0.3) is 5.91 Å². The van der Waals surface area contributed by atoms with Gasteiger partial charge in [-0.05, 0) is 55.5 Å². The van der Waals surface area contributed by atoms with Gasteiger partial charge >= 0.3 is 0 Å². The lowest BCUT2D eigenvalue weighted by atomic mass is 10.2. The molecule has 3 rings (SSSR count). The number of anilines is 1. The van der Waals surface area contributed by atoms with Gasteiger partial charge in [0.15, 0.2) is 0 Å². The van der Waals surface area contributed by atoms with Crippen molar-refractivity contribution in [2.75, 3.05) is 18.1 Å². The van der Waals surface area contributed by atoms with Crippen molar-refractivity contribution in [3.05, 3.63) is 59.1 Å². The minimum absolute atomic E-state index is 0.00874. The molecule has 1 atom stereocenters. The number of hydrogen-bond donors (Lipinski definition) is 1. The van der Waals surface area contributed by atoms with Crippen LogP contribution in [0.4, 0.5) is 5.69 Å². The molecule has 25 heavy (non-hydrogen) atoms. The Balaban J connectivity index is 1.63. The van der Waals surface area contributed by atoms with Gasteiger partial charge in [0.05, 0.1) is 12.6 Å². The highest BCUT2D eigenvalue weighted by atomic mass is 35.5. The van der Waals surface area contributed by atoms with E-state index in [0.717, 1.165) is 11.4 Å². The second-order valence-corrected chi connectivity index (χ2v) is 6.25. The highest BCUT2D eigenvalue weighted by Gasteiger charge is 2.31. The fourth-order valence-electron chi connectivity index (χ4n) is 2.81. The zero-order valence-corrected chi connectivity index (χ0v) is 14.6. The lowest BCUT2D eigenvalue weighted by Crippen LogP contribution is -2.37. The number of ether oxygens (including phenoxy) is 1. The predicted octanol–water partition coefficient (Wildman–Crippen LogP) is 3.27. The van der Waals surface area contributed by atoms with Crippen molar-refractivity contribution >= 4 is 29.1 Å². The van der Waals surface area contributed by atoms with Crippen molar-refractivity contribution < 1.29 is 14.3 Å². The minimum Gasteiger partial charge on any atom is -0.494 e. The van der Waals surface area contributed by atoms with Crippen molar-refractivity contribution in [3.8, 4) is 5.75 Å². The van der Waals surface area contributed by atoms with Crippen molar-refractivity contribution in [1.82, 2.24) is 5.32 Å². The molecule has 1 N–H and O–H groups in total. The molecule has 0 bridgehead atoms. The summed E-state index contributed by atoms with van der Waals surface area (Å²) in [6, 6.07) is 13.8. The van der Waals surface area contributed by atoms with Crippen molar-refractivity contribution in [2.45, 2.75) is 19.4 Å². The molecule has 6 heteroatoms. The molecule has 1 saturated heterocycles. The van der Waals surface area contributed by atoms with E-state index < -0.39 is 0 Å². The van der Waals surface area contributed by atoms with E-state index in [1.54, 1.807) is 29.2 Å². The minimum atomic E-state index is -0.220. The van der Waals surface area contributed by atoms with Crippen LogP contribution in [-0.4, -0.2) is 31.0 Å². The molecular formula is C19H19ClN2O3. The first-order valence-corrected chi connectivity index (χ1v) is 8.54. The number of carbonyl (C=O) groups excluding carboxylic acids is 2. The lowest BCUT2D eigenvalue weighted by molar-refractivity contribution is -0.117. The van der Waals surface area contributed by atoms with E-state index in [1.165, 1.54) is 0 Å². The fraction of sp³-hybridized carbons (Fsp3) is 0.263. The summed E-state index contributed by atoms with van der Waals surface area (Å²) in [4.78, 5) is 26.2. The molecule has 130 valence electrons. The van der Waals surface area contributed by atoms with Crippen LogP contribution in [0.1, 0.15) is 23.7 Å². The normalized spacial score (nSPS) is 16.8. The van der Waals surface area contributed by atoms with Crippen molar-refractivity contribution in [1.29, 1.82) is 0 Å². The highest BCUT2D eigenvalue weighted by molar-refractivity contribution is 6.30. The number of nitrogens with one attached hydrogen (secondary N) is 1. The summed E-state index contributed by atoms with van der Waals surface area (Å²) in [5, 5.41) is 3.49. The number of rotatable bonds is 5. The number of nitrogens with zero attached hydrogens (tertiary/aromatic N) is 1. The third kappa shape index (κ3) is 4.12. The number of benzene rings is 2. The molecule has 0 radical (unpaired) electrons. The Hall–Kier alpha value is -2.53. The maximum absolute atomic E-state index is 12.3. The van der Waals surface area contributed by atoms with Crippen LogP contribution in [0.15, 0.2) is 48.5 Å². The van der Waals surface area contributed by atoms with Crippen LogP contribution in [0.2, 0.25) is 5.02 Å². The summed E-state index contributed by atoms with van der Waals surface area (Å²) in [6.07, 6.45) is 0.284. The molecule has 0 aromatic heterocycles. The third-order valence-electron chi connectivity index (χ3n) is 4.03. The van der Waals surface area contributed by atoms with E-state index in [1.807, 2.05) is 31.2 Å². The molecule has 1 fully saturated rings. The first-order valence-electron chi connectivity index (χ1n) is 8.16. The molecule has 0 aliphatic carbocycles. The third-order valence-corrected chi connectivity index (χ3v) is 4.28. The van der Waals surface area contributed by atoms with Crippen LogP contribution >= 0.6 is 11.6 Å². The molecular weight excluding hydrogens is 340 g/mol. The van der Waals surface area contributed by atoms with Crippen LogP contribution in [-0.2, 0) is 4.79 Å². The number of hydrogen-bond acceptors (Lipinski definition) is 3. The van der Waals surface area contributed by atoms with Gasteiger partial charge in [-0.25, -0.2) is 0 Å². The molecule has 0 saturated carbocycles. The Morgan fingerprint density at radius 1 is 1.20 bits per heavy atom. The number of amides is 2. The monoisotopic (exact) mass is 358 g/mol. The average molecular weight is 359 g/mol. The van der Waals surface area contributed by atoms with Gasteiger partial charge in [0.2, 0.25) is 5.91 Å². The van der Waals surface area contributed by atoms with E-state index in [0.29, 0.717) is 23.7 Å². The summed E-state index contributed by atoms with van der Waals surface area (Å²) in [5.74, 6) is 0.555. The van der Waals surface area contributed by atoms with Crippen molar-refractivity contribution in [2.24, 2.45) is 0 Å². The largest absolute Gasteiger partial charge is 0.494 e. The van der Waals surface area contributed by atoms with E-state index in [2.05, 4.69) is 5.32 Å². The van der Waals surface area contributed by atoms with Gasteiger partial charge < -0.3 is 15.0 Å². The van der Waals surface area contributed by atoms with Crippen LogP contribution < -0.4 is 15.0 Å². The first-order chi connectivity index (χ1) is 12.1. The summed E-state index contributed by atoms with van der Waals surface area (Å²) in [5.41, 5.74) is 1.33. The zero-order chi connectivity index (χ0) is 17.8. The Morgan fingerprint density at radius 2 is 1.88 bits per heavy atom. The van der Waals surface area contributed by atoms with Crippen LogP contribution in [0.25, 0.3) is 0 Å². The summed E-state index contributed by atoms with van der Waals surface area (Å²) >= 11 is 5.83. The molecule has 2 aromatic carbocycles. The summed E-state index contributed by atoms with van der Waals surface area (Å²) in [6.45, 7) is 2.97. The molecule has 2 aromatic rings. The first kappa shape index (κ1) is 17.3. The molecule has 2 amide bonds. The molecule has 0 spiro atoms. The van der Waals surface area contributed by atoms with Gasteiger partial charge in [-0.1, -0.05) is 11.6 Å². The van der Waals surface area contributed by atoms with E-state index in [9.17, 15) is 9.59 Å². The lowest BCUT2D eigenvalue weighted by Gasteiger charge is -2.17. The van der Waals surface area contributed by atoms with Gasteiger partial charge in [0.1, 0.15) is 5.75 Å². The SMILES string of the molecule is CCOc1ccc(N2C[C@@H](NC(=O)c3ccc(Cl)cc3)CC2=O)cc1. The molecule has 1 heterocycles. The predicted molar refractivity (Wildman–Crippen MR) is 97.3 cm³/mol. The molecule has 0 unspecified atom stereocenters. The van der Waals surface area contributed by atoms with Gasteiger partial charge in [-0.2, -0.15) is 0 Å². The Kier molecular flexibility index (Phi) is 5.24. The smallest absolute Gasteiger partial charge is 0.251 e. The number of halogens is 1. The second-order valence-electron chi connectivity index (χ2n) is 5.81. The van der Waals surface area contributed by atoms with Crippen molar-refractivity contribution in [3.63, 3.8) is 0 Å². The van der Waals surface area contributed by atoms with Gasteiger partial charge in [-0.15, -0.1) is 0 Å². The Morgan fingerprint density at radius 3 is 2.52 bits per heavy atom. The second kappa shape index (κ2) is 7.57. The van der Waals surface area contributed by atoms with Crippen LogP contribution in [0.3, 0.4) is 0 Å². The van der Waals surface area contributed by atoms with Crippen LogP contribution in [0.5, 0.6) is 5.75 Å². The Bertz CT molecular complexity index is 759. The molecule has 5 nitrogen and oxygen atoms in total. The molecule has 1 aliphatic rings. The number of carbonyl (C=O) groups is 2.